The Kier molecular flexibility index (Phi) is 7.69. The van der Waals surface area contributed by atoms with E-state index in [0.717, 1.165) is 18.8 Å². The van der Waals surface area contributed by atoms with Crippen molar-refractivity contribution >= 4 is 17.6 Å². The van der Waals surface area contributed by atoms with E-state index in [0.29, 0.717) is 30.3 Å². The van der Waals surface area contributed by atoms with Crippen molar-refractivity contribution in [2.75, 3.05) is 11.4 Å². The van der Waals surface area contributed by atoms with Crippen molar-refractivity contribution in [1.82, 2.24) is 10.2 Å². The second-order valence-electron chi connectivity index (χ2n) is 10.9. The van der Waals surface area contributed by atoms with Crippen LogP contribution >= 0.6 is 0 Å². The second-order valence-corrected chi connectivity index (χ2v) is 10.9. The fourth-order valence-corrected chi connectivity index (χ4v) is 5.21. The highest BCUT2D eigenvalue weighted by molar-refractivity contribution is 6.16. The lowest BCUT2D eigenvalue weighted by molar-refractivity contribution is 0.122. The molecule has 0 bridgehead atoms. The third kappa shape index (κ3) is 5.41. The highest BCUT2D eigenvalue weighted by atomic mass is 19.1. The van der Waals surface area contributed by atoms with E-state index in [2.05, 4.69) is 55.0 Å². The highest BCUT2D eigenvalue weighted by Crippen LogP contribution is 2.41. The molecule has 2 aromatic carbocycles. The Morgan fingerprint density at radius 1 is 1.14 bits per heavy atom. The number of urea groups is 1. The van der Waals surface area contributed by atoms with Gasteiger partial charge in [0.15, 0.2) is 0 Å². The van der Waals surface area contributed by atoms with Crippen molar-refractivity contribution in [3.8, 4) is 5.75 Å². The van der Waals surface area contributed by atoms with Gasteiger partial charge >= 0.3 is 6.03 Å². The highest BCUT2D eigenvalue weighted by Gasteiger charge is 2.53. The van der Waals surface area contributed by atoms with E-state index in [4.69, 9.17) is 4.74 Å². The van der Waals surface area contributed by atoms with Gasteiger partial charge in [0, 0.05) is 30.9 Å². The standard InChI is InChI=1S/C29H39FN4O2/c1-19(2)22(6)31-27-29(34(28(35)32-27)25-11-8-10-24(30)16-25)13-14-33(21(5)17-29)18-23-9-7-12-26(15-23)36-20(3)4/h7-12,15-16,19-22H,13-14,17-18H2,1-6H3,(H,31,32,35)/t21-,22+,29+/m1/s1. The first-order valence-electron chi connectivity index (χ1n) is 13.0. The molecule has 0 radical (unpaired) electrons. The minimum atomic E-state index is -0.632. The summed E-state index contributed by atoms with van der Waals surface area (Å²) in [5, 5.41) is 3.55. The van der Waals surface area contributed by atoms with Crippen molar-refractivity contribution in [3.05, 3.63) is 59.9 Å². The molecule has 7 heteroatoms. The number of halogens is 1. The molecule has 2 aliphatic heterocycles. The number of rotatable bonds is 7. The molecular weight excluding hydrogens is 455 g/mol. The maximum absolute atomic E-state index is 14.2. The number of anilines is 1. The van der Waals surface area contributed by atoms with Crippen LogP contribution in [0.5, 0.6) is 5.75 Å². The van der Waals surface area contributed by atoms with Crippen LogP contribution in [0.4, 0.5) is 14.9 Å². The molecule has 36 heavy (non-hydrogen) atoms. The van der Waals surface area contributed by atoms with Gasteiger partial charge in [0.05, 0.1) is 6.10 Å². The van der Waals surface area contributed by atoms with Crippen LogP contribution in [-0.4, -0.2) is 47.0 Å². The van der Waals surface area contributed by atoms with Crippen LogP contribution in [0.3, 0.4) is 0 Å². The summed E-state index contributed by atoms with van der Waals surface area (Å²) in [6, 6.07) is 14.5. The molecule has 6 nitrogen and oxygen atoms in total. The van der Waals surface area contributed by atoms with E-state index in [1.165, 1.54) is 17.7 Å². The van der Waals surface area contributed by atoms with E-state index >= 15 is 0 Å². The van der Waals surface area contributed by atoms with Crippen LogP contribution in [0.2, 0.25) is 0 Å². The van der Waals surface area contributed by atoms with E-state index in [9.17, 15) is 9.18 Å². The number of aliphatic imine (C=N–C) groups is 1. The molecule has 1 saturated heterocycles. The average molecular weight is 495 g/mol. The lowest BCUT2D eigenvalue weighted by Gasteiger charge is -2.48. The minimum Gasteiger partial charge on any atom is -0.491 e. The predicted molar refractivity (Wildman–Crippen MR) is 143 cm³/mol. The molecule has 0 unspecified atom stereocenters. The molecule has 194 valence electrons. The molecule has 0 aromatic heterocycles. The second kappa shape index (κ2) is 10.6. The van der Waals surface area contributed by atoms with E-state index in [1.54, 1.807) is 17.0 Å². The predicted octanol–water partition coefficient (Wildman–Crippen LogP) is 6.01. The Morgan fingerprint density at radius 3 is 2.56 bits per heavy atom. The largest absolute Gasteiger partial charge is 0.491 e. The van der Waals surface area contributed by atoms with Gasteiger partial charge in [0.25, 0.3) is 0 Å². The number of amides is 2. The van der Waals surface area contributed by atoms with Gasteiger partial charge in [-0.25, -0.2) is 9.18 Å². The summed E-state index contributed by atoms with van der Waals surface area (Å²) in [6.07, 6.45) is 1.54. The van der Waals surface area contributed by atoms with Crippen molar-refractivity contribution < 1.29 is 13.9 Å². The van der Waals surface area contributed by atoms with Crippen molar-refractivity contribution in [2.24, 2.45) is 10.9 Å². The van der Waals surface area contributed by atoms with Gasteiger partial charge in [0.1, 0.15) is 22.9 Å². The molecule has 3 atom stereocenters. The monoisotopic (exact) mass is 494 g/mol. The number of likely N-dealkylation sites (tertiary alicyclic amines) is 1. The third-order valence-corrected chi connectivity index (χ3v) is 7.42. The first kappa shape index (κ1) is 26.1. The van der Waals surface area contributed by atoms with Gasteiger partial charge in [-0.3, -0.25) is 9.80 Å². The zero-order chi connectivity index (χ0) is 26.0. The maximum atomic E-state index is 14.2. The SMILES string of the molecule is CC(C)Oc1cccc(CN2CC[C@]3(C[C@H]2C)C(N[C@@H](C)C(C)C)=NC(=O)N3c2cccc(F)c2)c1. The summed E-state index contributed by atoms with van der Waals surface area (Å²) in [7, 11) is 0. The summed E-state index contributed by atoms with van der Waals surface area (Å²) in [6.45, 7) is 14.2. The van der Waals surface area contributed by atoms with Crippen LogP contribution in [0.1, 0.15) is 59.9 Å². The van der Waals surface area contributed by atoms with Crippen LogP contribution in [0.15, 0.2) is 53.5 Å². The first-order chi connectivity index (χ1) is 17.1. The topological polar surface area (TPSA) is 57.2 Å². The van der Waals surface area contributed by atoms with Gasteiger partial charge in [-0.2, -0.15) is 4.99 Å². The van der Waals surface area contributed by atoms with Gasteiger partial charge in [-0.05, 0) is 82.3 Å². The fraction of sp³-hybridized carbons (Fsp3) is 0.517. The van der Waals surface area contributed by atoms with Gasteiger partial charge < -0.3 is 10.1 Å². The molecule has 2 heterocycles. The molecule has 2 aromatic rings. The lowest BCUT2D eigenvalue weighted by atomic mass is 9.80. The molecule has 2 amide bonds. The van der Waals surface area contributed by atoms with Crippen molar-refractivity contribution in [3.63, 3.8) is 0 Å². The molecular formula is C29H39FN4O2. The maximum Gasteiger partial charge on any atom is 0.350 e. The molecule has 2 aliphatic rings. The minimum absolute atomic E-state index is 0.126. The number of amidine groups is 1. The van der Waals surface area contributed by atoms with Crippen LogP contribution in [0.25, 0.3) is 0 Å². The number of ether oxygens (including phenoxy) is 1. The lowest BCUT2D eigenvalue weighted by Crippen LogP contribution is -2.63. The Balaban J connectivity index is 1.60. The smallest absolute Gasteiger partial charge is 0.350 e. The summed E-state index contributed by atoms with van der Waals surface area (Å²) in [5.74, 6) is 1.60. The zero-order valence-electron chi connectivity index (χ0n) is 22.3. The summed E-state index contributed by atoms with van der Waals surface area (Å²) in [4.78, 5) is 21.9. The summed E-state index contributed by atoms with van der Waals surface area (Å²) < 4.78 is 20.1. The first-order valence-corrected chi connectivity index (χ1v) is 13.0. The van der Waals surface area contributed by atoms with Gasteiger partial charge in [-0.1, -0.05) is 32.0 Å². The van der Waals surface area contributed by atoms with Crippen LogP contribution in [-0.2, 0) is 6.54 Å². The van der Waals surface area contributed by atoms with E-state index in [1.807, 2.05) is 26.0 Å². The number of carbonyl (C=O) groups excluding carboxylic acids is 1. The number of hydrogen-bond donors (Lipinski definition) is 1. The summed E-state index contributed by atoms with van der Waals surface area (Å²) in [5.41, 5.74) is 1.12. The third-order valence-electron chi connectivity index (χ3n) is 7.42. The average Bonchev–Trinajstić information content (AvgIpc) is 3.05. The Bertz CT molecular complexity index is 1120. The van der Waals surface area contributed by atoms with E-state index < -0.39 is 5.54 Å². The van der Waals surface area contributed by atoms with E-state index in [-0.39, 0.29) is 30.0 Å². The van der Waals surface area contributed by atoms with Crippen LogP contribution in [0, 0.1) is 11.7 Å². The Morgan fingerprint density at radius 2 is 1.89 bits per heavy atom. The van der Waals surface area contributed by atoms with Gasteiger partial charge in [-0.15, -0.1) is 0 Å². The fourth-order valence-electron chi connectivity index (χ4n) is 5.21. The molecule has 4 rings (SSSR count). The van der Waals surface area contributed by atoms with Gasteiger partial charge in [0.2, 0.25) is 0 Å². The molecule has 1 N–H and O–H groups in total. The summed E-state index contributed by atoms with van der Waals surface area (Å²) >= 11 is 0. The molecule has 0 saturated carbocycles. The normalized spacial score (nSPS) is 23.5. The molecule has 1 spiro atoms. The zero-order valence-corrected chi connectivity index (χ0v) is 22.3. The Hall–Kier alpha value is -2.93. The number of nitrogens with zero attached hydrogens (tertiary/aromatic N) is 3. The number of piperidine rings is 1. The quantitative estimate of drug-likeness (QED) is 0.512. The Labute approximate surface area is 214 Å². The van der Waals surface area contributed by atoms with Crippen molar-refractivity contribution in [2.45, 2.75) is 84.7 Å². The molecule has 1 fully saturated rings. The molecule has 0 aliphatic carbocycles. The van der Waals surface area contributed by atoms with Crippen molar-refractivity contribution in [1.29, 1.82) is 0 Å². The number of nitrogens with one attached hydrogen (secondary N) is 1. The number of hydrogen-bond acceptors (Lipinski definition) is 4. The number of carbonyl (C=O) groups is 1. The number of benzene rings is 2. The van der Waals surface area contributed by atoms with Crippen LogP contribution < -0.4 is 15.0 Å².